The molecule has 35 heavy (non-hydrogen) atoms. The molecule has 3 aromatic heterocycles. The van der Waals surface area contributed by atoms with E-state index in [-0.39, 0.29) is 11.7 Å². The highest BCUT2D eigenvalue weighted by atomic mass is 16.5. The summed E-state index contributed by atoms with van der Waals surface area (Å²) < 4.78 is 9.48. The molecule has 0 unspecified atom stereocenters. The predicted octanol–water partition coefficient (Wildman–Crippen LogP) is 3.09. The van der Waals surface area contributed by atoms with Crippen LogP contribution in [-0.2, 0) is 6.54 Å². The van der Waals surface area contributed by atoms with Crippen molar-refractivity contribution in [3.05, 3.63) is 64.6 Å². The third-order valence-electron chi connectivity index (χ3n) is 6.12. The van der Waals surface area contributed by atoms with Gasteiger partial charge in [-0.2, -0.15) is 15.2 Å². The molecule has 0 bridgehead atoms. The van der Waals surface area contributed by atoms with Gasteiger partial charge < -0.3 is 15.0 Å². The van der Waals surface area contributed by atoms with Gasteiger partial charge in [0, 0.05) is 37.6 Å². The molecule has 0 saturated carbocycles. The minimum Gasteiger partial charge on any atom is -0.474 e. The summed E-state index contributed by atoms with van der Waals surface area (Å²) >= 11 is 0. The van der Waals surface area contributed by atoms with Crippen LogP contribution >= 0.6 is 0 Å². The molecule has 178 valence electrons. The van der Waals surface area contributed by atoms with Gasteiger partial charge in [-0.15, -0.1) is 0 Å². The van der Waals surface area contributed by atoms with Crippen molar-refractivity contribution in [3.8, 4) is 17.8 Å². The first-order chi connectivity index (χ1) is 17.1. The molecule has 1 N–H and O–H groups in total. The van der Waals surface area contributed by atoms with E-state index in [0.717, 1.165) is 31.6 Å². The summed E-state index contributed by atoms with van der Waals surface area (Å²) in [4.78, 5) is 29.0. The number of hydrogen-bond acceptors (Lipinski definition) is 8. The zero-order valence-corrected chi connectivity index (χ0v) is 19.7. The second-order valence-electron chi connectivity index (χ2n) is 8.53. The number of aromatic nitrogens is 5. The molecule has 10 nitrogen and oxygen atoms in total. The Morgan fingerprint density at radius 3 is 2.63 bits per heavy atom. The third-order valence-corrected chi connectivity index (χ3v) is 6.12. The number of fused-ring (bicyclic) bond motifs is 1. The van der Waals surface area contributed by atoms with Crippen molar-refractivity contribution in [3.63, 3.8) is 0 Å². The second-order valence-corrected chi connectivity index (χ2v) is 8.53. The zero-order valence-electron chi connectivity index (χ0n) is 19.7. The molecule has 1 saturated heterocycles. The van der Waals surface area contributed by atoms with Crippen molar-refractivity contribution in [1.82, 2.24) is 29.2 Å². The van der Waals surface area contributed by atoms with Crippen LogP contribution in [0.3, 0.4) is 0 Å². The number of likely N-dealkylation sites (tertiary alicyclic amines) is 1. The van der Waals surface area contributed by atoms with E-state index >= 15 is 0 Å². The largest absolute Gasteiger partial charge is 0.474 e. The molecule has 0 radical (unpaired) electrons. The van der Waals surface area contributed by atoms with Gasteiger partial charge in [0.2, 0.25) is 11.8 Å². The molecular formula is C25H26N8O2. The second kappa shape index (κ2) is 9.56. The fourth-order valence-corrected chi connectivity index (χ4v) is 4.23. The van der Waals surface area contributed by atoms with E-state index in [1.807, 2.05) is 25.1 Å². The summed E-state index contributed by atoms with van der Waals surface area (Å²) in [5, 5.41) is 12.5. The molecule has 1 aliphatic rings. The number of benzene rings is 1. The fourth-order valence-electron chi connectivity index (χ4n) is 4.23. The number of pyridine rings is 1. The van der Waals surface area contributed by atoms with Crippen molar-refractivity contribution in [2.75, 3.05) is 25.5 Å². The Kier molecular flexibility index (Phi) is 6.16. The van der Waals surface area contributed by atoms with Gasteiger partial charge in [0.1, 0.15) is 11.5 Å². The number of hydrogen-bond donors (Lipinski definition) is 1. The van der Waals surface area contributed by atoms with Gasteiger partial charge in [0.25, 0.3) is 5.56 Å². The standard InChI is InChI=1S/C25H26N8O2/c1-3-32-24(34)20-16-27-25(28-18-9-7-17(15-26)8-10-18)30-23(20)33(32)21-5-4-6-22(29-21)35-19-11-13-31(2)14-12-19/h4-10,16,19H,3,11-14H2,1-2H3,(H,27,28,30). The molecular weight excluding hydrogens is 444 g/mol. The number of nitriles is 1. The van der Waals surface area contributed by atoms with Gasteiger partial charge in [-0.25, -0.2) is 14.3 Å². The molecule has 1 fully saturated rings. The molecule has 0 amide bonds. The molecule has 4 heterocycles. The number of piperidine rings is 1. The van der Waals surface area contributed by atoms with Gasteiger partial charge in [0.15, 0.2) is 11.5 Å². The fraction of sp³-hybridized carbons (Fsp3) is 0.320. The van der Waals surface area contributed by atoms with Crippen LogP contribution in [0, 0.1) is 11.3 Å². The number of ether oxygens (including phenoxy) is 1. The maximum Gasteiger partial charge on any atom is 0.278 e. The van der Waals surface area contributed by atoms with Crippen LogP contribution in [0.25, 0.3) is 16.9 Å². The van der Waals surface area contributed by atoms with E-state index in [2.05, 4.69) is 33.3 Å². The smallest absolute Gasteiger partial charge is 0.278 e. The molecule has 1 aliphatic heterocycles. The summed E-state index contributed by atoms with van der Waals surface area (Å²) in [6.07, 6.45) is 3.55. The minimum atomic E-state index is -0.184. The van der Waals surface area contributed by atoms with Gasteiger partial charge >= 0.3 is 0 Å². The third kappa shape index (κ3) is 4.58. The first-order valence-electron chi connectivity index (χ1n) is 11.6. The number of anilines is 2. The highest BCUT2D eigenvalue weighted by Crippen LogP contribution is 2.21. The van der Waals surface area contributed by atoms with Gasteiger partial charge in [0.05, 0.1) is 11.6 Å². The lowest BCUT2D eigenvalue weighted by molar-refractivity contribution is 0.110. The Morgan fingerprint density at radius 2 is 1.91 bits per heavy atom. The minimum absolute atomic E-state index is 0.120. The van der Waals surface area contributed by atoms with Gasteiger partial charge in [-0.05, 0) is 57.1 Å². The first-order valence-corrected chi connectivity index (χ1v) is 11.6. The van der Waals surface area contributed by atoms with Crippen molar-refractivity contribution in [2.45, 2.75) is 32.4 Å². The van der Waals surface area contributed by atoms with E-state index in [9.17, 15) is 4.79 Å². The van der Waals surface area contributed by atoms with Crippen LogP contribution < -0.4 is 15.6 Å². The van der Waals surface area contributed by atoms with Gasteiger partial charge in [-0.1, -0.05) is 6.07 Å². The van der Waals surface area contributed by atoms with Gasteiger partial charge in [-0.3, -0.25) is 4.79 Å². The molecule has 5 rings (SSSR count). The summed E-state index contributed by atoms with van der Waals surface area (Å²) in [6, 6.07) is 14.6. The monoisotopic (exact) mass is 470 g/mol. The predicted molar refractivity (Wildman–Crippen MR) is 132 cm³/mol. The molecule has 0 aliphatic carbocycles. The van der Waals surface area contributed by atoms with Crippen LogP contribution in [0.1, 0.15) is 25.3 Å². The Hall–Kier alpha value is -4.23. The zero-order chi connectivity index (χ0) is 24.4. The Morgan fingerprint density at radius 1 is 1.14 bits per heavy atom. The highest BCUT2D eigenvalue weighted by molar-refractivity contribution is 5.77. The number of rotatable bonds is 6. The summed E-state index contributed by atoms with van der Waals surface area (Å²) in [6.45, 7) is 4.33. The van der Waals surface area contributed by atoms with E-state index < -0.39 is 0 Å². The molecule has 4 aromatic rings. The topological polar surface area (TPSA) is 114 Å². The quantitative estimate of drug-likeness (QED) is 0.457. The van der Waals surface area contributed by atoms with E-state index in [0.29, 0.717) is 40.8 Å². The van der Waals surface area contributed by atoms with Crippen molar-refractivity contribution < 1.29 is 4.74 Å². The highest BCUT2D eigenvalue weighted by Gasteiger charge is 2.20. The van der Waals surface area contributed by atoms with Crippen LogP contribution in [0.5, 0.6) is 5.88 Å². The van der Waals surface area contributed by atoms with Crippen LogP contribution in [0.4, 0.5) is 11.6 Å². The number of nitrogens with zero attached hydrogens (tertiary/aromatic N) is 7. The average molecular weight is 471 g/mol. The molecule has 0 spiro atoms. The Labute approximate surface area is 202 Å². The van der Waals surface area contributed by atoms with Crippen molar-refractivity contribution in [2.24, 2.45) is 0 Å². The van der Waals surface area contributed by atoms with Crippen LogP contribution in [0.2, 0.25) is 0 Å². The van der Waals surface area contributed by atoms with Crippen molar-refractivity contribution >= 4 is 22.7 Å². The summed E-state index contributed by atoms with van der Waals surface area (Å²) in [5.74, 6) is 1.41. The lowest BCUT2D eigenvalue weighted by atomic mass is 10.1. The normalized spacial score (nSPS) is 14.7. The maximum absolute atomic E-state index is 13.1. The Bertz CT molecular complexity index is 1440. The molecule has 10 heteroatoms. The average Bonchev–Trinajstić information content (AvgIpc) is 3.17. The number of nitrogens with one attached hydrogen (secondary N) is 1. The van der Waals surface area contributed by atoms with Crippen LogP contribution in [0.15, 0.2) is 53.5 Å². The van der Waals surface area contributed by atoms with Crippen molar-refractivity contribution in [1.29, 1.82) is 5.26 Å². The molecule has 1 aromatic carbocycles. The SMILES string of the molecule is CCn1c(=O)c2cnc(Nc3ccc(C#N)cc3)nc2n1-c1cccc(OC2CCN(C)CC2)n1. The van der Waals surface area contributed by atoms with E-state index in [1.165, 1.54) is 6.20 Å². The molecule has 0 atom stereocenters. The first kappa shape index (κ1) is 22.6. The summed E-state index contributed by atoms with van der Waals surface area (Å²) in [7, 11) is 2.11. The lowest BCUT2D eigenvalue weighted by Gasteiger charge is -2.29. The van der Waals surface area contributed by atoms with Crippen LogP contribution in [-0.4, -0.2) is 55.5 Å². The maximum atomic E-state index is 13.1. The summed E-state index contributed by atoms with van der Waals surface area (Å²) in [5.41, 5.74) is 1.57. The van der Waals surface area contributed by atoms with E-state index in [1.54, 1.807) is 33.6 Å². The Balaban J connectivity index is 1.50. The lowest BCUT2D eigenvalue weighted by Crippen LogP contribution is -2.35. The van der Waals surface area contributed by atoms with E-state index in [4.69, 9.17) is 15.0 Å².